The first kappa shape index (κ1) is 14.4. The van der Waals surface area contributed by atoms with Gasteiger partial charge in [-0.05, 0) is 31.9 Å². The Bertz CT molecular complexity index is 399. The van der Waals surface area contributed by atoms with Crippen molar-refractivity contribution in [3.8, 4) is 11.5 Å². The molecule has 100 valence electrons. The Morgan fingerprint density at radius 2 is 1.94 bits per heavy atom. The third kappa shape index (κ3) is 4.28. The largest absolute Gasteiger partial charge is 0.497 e. The van der Waals surface area contributed by atoms with Crippen LogP contribution in [-0.4, -0.2) is 26.3 Å². The number of esters is 1. The minimum atomic E-state index is -0.192. The van der Waals surface area contributed by atoms with E-state index in [-0.39, 0.29) is 12.1 Å². The highest BCUT2D eigenvalue weighted by Gasteiger charge is 2.09. The van der Waals surface area contributed by atoms with Gasteiger partial charge in [-0.1, -0.05) is 6.07 Å². The second-order valence-electron chi connectivity index (χ2n) is 4.22. The molecular weight excluding hydrogens is 232 g/mol. The summed E-state index contributed by atoms with van der Waals surface area (Å²) in [4.78, 5) is 11.5. The molecule has 0 saturated carbocycles. The lowest BCUT2D eigenvalue weighted by Crippen LogP contribution is -2.12. The number of ether oxygens (including phenoxy) is 3. The molecule has 0 bridgehead atoms. The standard InChI is InChI=1S/C14H20O4/c1-10(2)18-14(15)8-6-11-5-7-12(16-3)9-13(11)17-4/h5,7,9-10H,6,8H2,1-4H3. The van der Waals surface area contributed by atoms with Crippen LogP contribution < -0.4 is 9.47 Å². The van der Waals surface area contributed by atoms with Crippen molar-refractivity contribution >= 4 is 5.97 Å². The Morgan fingerprint density at radius 3 is 2.50 bits per heavy atom. The average molecular weight is 252 g/mol. The van der Waals surface area contributed by atoms with Gasteiger partial charge in [0.2, 0.25) is 0 Å². The number of methoxy groups -OCH3 is 2. The van der Waals surface area contributed by atoms with Crippen molar-refractivity contribution in [2.24, 2.45) is 0 Å². The molecule has 0 heterocycles. The van der Waals surface area contributed by atoms with Crippen LogP contribution in [0.4, 0.5) is 0 Å². The van der Waals surface area contributed by atoms with E-state index >= 15 is 0 Å². The second kappa shape index (κ2) is 6.89. The fraction of sp³-hybridized carbons (Fsp3) is 0.500. The maximum Gasteiger partial charge on any atom is 0.306 e. The summed E-state index contributed by atoms with van der Waals surface area (Å²) in [5.41, 5.74) is 0.971. The third-order valence-electron chi connectivity index (χ3n) is 2.46. The summed E-state index contributed by atoms with van der Waals surface area (Å²) in [6.07, 6.45) is 0.870. The van der Waals surface area contributed by atoms with Gasteiger partial charge >= 0.3 is 5.97 Å². The number of carbonyl (C=O) groups excluding carboxylic acids is 1. The summed E-state index contributed by atoms with van der Waals surface area (Å²) >= 11 is 0. The molecule has 0 spiro atoms. The van der Waals surface area contributed by atoms with Gasteiger partial charge in [-0.15, -0.1) is 0 Å². The topological polar surface area (TPSA) is 44.8 Å². The average Bonchev–Trinajstić information content (AvgIpc) is 2.35. The van der Waals surface area contributed by atoms with Crippen LogP contribution in [0.15, 0.2) is 18.2 Å². The highest BCUT2D eigenvalue weighted by atomic mass is 16.5. The normalized spacial score (nSPS) is 10.3. The van der Waals surface area contributed by atoms with Gasteiger partial charge in [0.25, 0.3) is 0 Å². The van der Waals surface area contributed by atoms with Gasteiger partial charge in [-0.25, -0.2) is 0 Å². The molecule has 0 aliphatic carbocycles. The fourth-order valence-corrected chi connectivity index (χ4v) is 1.62. The van der Waals surface area contributed by atoms with E-state index in [4.69, 9.17) is 14.2 Å². The summed E-state index contributed by atoms with van der Waals surface area (Å²) in [6, 6.07) is 5.56. The van der Waals surface area contributed by atoms with Crippen molar-refractivity contribution in [2.75, 3.05) is 14.2 Å². The van der Waals surface area contributed by atoms with Crippen LogP contribution in [0.3, 0.4) is 0 Å². The number of hydrogen-bond donors (Lipinski definition) is 0. The lowest BCUT2D eigenvalue weighted by Gasteiger charge is -2.11. The van der Waals surface area contributed by atoms with Crippen molar-refractivity contribution in [1.29, 1.82) is 0 Å². The van der Waals surface area contributed by atoms with Crippen molar-refractivity contribution < 1.29 is 19.0 Å². The molecule has 18 heavy (non-hydrogen) atoms. The molecule has 4 nitrogen and oxygen atoms in total. The molecule has 0 aromatic heterocycles. The summed E-state index contributed by atoms with van der Waals surface area (Å²) in [6.45, 7) is 3.68. The minimum absolute atomic E-state index is 0.0738. The van der Waals surface area contributed by atoms with Crippen molar-refractivity contribution in [3.63, 3.8) is 0 Å². The zero-order chi connectivity index (χ0) is 13.5. The van der Waals surface area contributed by atoms with Crippen LogP contribution in [0.25, 0.3) is 0 Å². The third-order valence-corrected chi connectivity index (χ3v) is 2.46. The molecule has 0 atom stereocenters. The first-order valence-corrected chi connectivity index (χ1v) is 5.97. The molecule has 4 heteroatoms. The van der Waals surface area contributed by atoms with E-state index in [2.05, 4.69) is 0 Å². The molecule has 0 aliphatic heterocycles. The molecule has 0 unspecified atom stereocenters. The molecule has 0 N–H and O–H groups in total. The van der Waals surface area contributed by atoms with Crippen LogP contribution in [0, 0.1) is 0 Å². The van der Waals surface area contributed by atoms with E-state index in [0.717, 1.165) is 17.1 Å². The Morgan fingerprint density at radius 1 is 1.22 bits per heavy atom. The van der Waals surface area contributed by atoms with E-state index in [9.17, 15) is 4.79 Å². The van der Waals surface area contributed by atoms with E-state index in [1.165, 1.54) is 0 Å². The first-order valence-electron chi connectivity index (χ1n) is 5.97. The molecule has 1 aromatic carbocycles. The SMILES string of the molecule is COc1ccc(CCC(=O)OC(C)C)c(OC)c1. The Balaban J connectivity index is 2.64. The van der Waals surface area contributed by atoms with E-state index in [1.807, 2.05) is 32.0 Å². The Labute approximate surface area is 108 Å². The number of rotatable bonds is 6. The zero-order valence-corrected chi connectivity index (χ0v) is 11.4. The van der Waals surface area contributed by atoms with Gasteiger partial charge in [0, 0.05) is 12.5 Å². The maximum absolute atomic E-state index is 11.5. The van der Waals surface area contributed by atoms with Crippen molar-refractivity contribution in [2.45, 2.75) is 32.8 Å². The molecule has 0 radical (unpaired) electrons. The smallest absolute Gasteiger partial charge is 0.306 e. The summed E-state index contributed by atoms with van der Waals surface area (Å²) < 4.78 is 15.5. The van der Waals surface area contributed by atoms with Gasteiger partial charge in [0.05, 0.1) is 20.3 Å². The van der Waals surface area contributed by atoms with Crippen molar-refractivity contribution in [3.05, 3.63) is 23.8 Å². The molecule has 1 rings (SSSR count). The van der Waals surface area contributed by atoms with Crippen LogP contribution >= 0.6 is 0 Å². The molecule has 0 amide bonds. The summed E-state index contributed by atoms with van der Waals surface area (Å²) in [5.74, 6) is 1.27. The van der Waals surface area contributed by atoms with Gasteiger partial charge in [-0.2, -0.15) is 0 Å². The number of benzene rings is 1. The number of aryl methyl sites for hydroxylation is 1. The van der Waals surface area contributed by atoms with Gasteiger partial charge in [-0.3, -0.25) is 4.79 Å². The highest BCUT2D eigenvalue weighted by molar-refractivity contribution is 5.70. The Hall–Kier alpha value is -1.71. The number of hydrogen-bond acceptors (Lipinski definition) is 4. The predicted octanol–water partition coefficient (Wildman–Crippen LogP) is 2.59. The maximum atomic E-state index is 11.5. The monoisotopic (exact) mass is 252 g/mol. The van der Waals surface area contributed by atoms with E-state index in [0.29, 0.717) is 12.8 Å². The van der Waals surface area contributed by atoms with Gasteiger partial charge in [0.1, 0.15) is 11.5 Å². The zero-order valence-electron chi connectivity index (χ0n) is 11.4. The van der Waals surface area contributed by atoms with Crippen molar-refractivity contribution in [1.82, 2.24) is 0 Å². The molecule has 0 fully saturated rings. The second-order valence-corrected chi connectivity index (χ2v) is 4.22. The van der Waals surface area contributed by atoms with Crippen LogP contribution in [0.5, 0.6) is 11.5 Å². The molecular formula is C14H20O4. The Kier molecular flexibility index (Phi) is 5.49. The van der Waals surface area contributed by atoms with Gasteiger partial charge < -0.3 is 14.2 Å². The molecule has 0 aliphatic rings. The minimum Gasteiger partial charge on any atom is -0.497 e. The quantitative estimate of drug-likeness (QED) is 0.730. The predicted molar refractivity (Wildman–Crippen MR) is 69.1 cm³/mol. The fourth-order valence-electron chi connectivity index (χ4n) is 1.62. The van der Waals surface area contributed by atoms with E-state index < -0.39 is 0 Å². The lowest BCUT2D eigenvalue weighted by molar-refractivity contribution is -0.147. The summed E-state index contributed by atoms with van der Waals surface area (Å²) in [7, 11) is 3.21. The highest BCUT2D eigenvalue weighted by Crippen LogP contribution is 2.25. The molecule has 1 aromatic rings. The van der Waals surface area contributed by atoms with Gasteiger partial charge in [0.15, 0.2) is 0 Å². The lowest BCUT2D eigenvalue weighted by atomic mass is 10.1. The van der Waals surface area contributed by atoms with E-state index in [1.54, 1.807) is 14.2 Å². The summed E-state index contributed by atoms with van der Waals surface area (Å²) in [5, 5.41) is 0. The first-order chi connectivity index (χ1) is 8.56. The van der Waals surface area contributed by atoms with Crippen LogP contribution in [0.1, 0.15) is 25.8 Å². The molecule has 0 saturated heterocycles. The number of carbonyl (C=O) groups is 1. The van der Waals surface area contributed by atoms with Crippen LogP contribution in [-0.2, 0) is 16.0 Å². The van der Waals surface area contributed by atoms with Crippen LogP contribution in [0.2, 0.25) is 0 Å².